The molecular formula is C15H19N3O2. The second kappa shape index (κ2) is 6.15. The van der Waals surface area contributed by atoms with Crippen molar-refractivity contribution < 1.29 is 9.26 Å². The van der Waals surface area contributed by atoms with Crippen LogP contribution in [0.4, 0.5) is 0 Å². The molecule has 1 aliphatic heterocycles. The maximum absolute atomic E-state index is 5.42. The predicted molar refractivity (Wildman–Crippen MR) is 74.0 cm³/mol. The topological polar surface area (TPSA) is 60.2 Å². The normalized spacial score (nSPS) is 17.9. The highest BCUT2D eigenvalue weighted by atomic mass is 16.5. The zero-order valence-electron chi connectivity index (χ0n) is 11.6. The Balaban J connectivity index is 1.66. The molecule has 3 rings (SSSR count). The van der Waals surface area contributed by atoms with E-state index < -0.39 is 0 Å². The lowest BCUT2D eigenvalue weighted by Crippen LogP contribution is -2.28. The van der Waals surface area contributed by atoms with E-state index in [2.05, 4.69) is 46.6 Å². The number of ether oxygens (including phenoxy) is 1. The van der Waals surface area contributed by atoms with E-state index in [1.54, 1.807) is 0 Å². The van der Waals surface area contributed by atoms with Crippen LogP contribution in [0.3, 0.4) is 0 Å². The van der Waals surface area contributed by atoms with E-state index in [0.29, 0.717) is 18.3 Å². The minimum atomic E-state index is 0.0947. The number of hydrogen-bond acceptors (Lipinski definition) is 5. The predicted octanol–water partition coefficient (Wildman–Crippen LogP) is 2.38. The molecular weight excluding hydrogens is 254 g/mol. The maximum atomic E-state index is 5.42. The van der Waals surface area contributed by atoms with Crippen molar-refractivity contribution in [3.8, 4) is 0 Å². The molecule has 0 unspecified atom stereocenters. The van der Waals surface area contributed by atoms with Crippen LogP contribution < -0.4 is 5.32 Å². The Morgan fingerprint density at radius 1 is 1.35 bits per heavy atom. The van der Waals surface area contributed by atoms with Gasteiger partial charge in [-0.15, -0.1) is 0 Å². The van der Waals surface area contributed by atoms with Crippen LogP contribution in [-0.2, 0) is 24.3 Å². The van der Waals surface area contributed by atoms with Crippen LogP contribution in [0.2, 0.25) is 0 Å². The van der Waals surface area contributed by atoms with Crippen molar-refractivity contribution in [2.45, 2.75) is 39.0 Å². The van der Waals surface area contributed by atoms with Crippen molar-refractivity contribution in [3.05, 3.63) is 47.1 Å². The molecule has 0 bridgehead atoms. The molecule has 1 atom stereocenters. The van der Waals surface area contributed by atoms with Gasteiger partial charge in [0.15, 0.2) is 5.82 Å². The largest absolute Gasteiger partial charge is 0.373 e. The van der Waals surface area contributed by atoms with Gasteiger partial charge in [0.05, 0.1) is 6.04 Å². The Bertz CT molecular complexity index is 568. The molecule has 1 N–H and O–H groups in total. The van der Waals surface area contributed by atoms with Gasteiger partial charge in [-0.3, -0.25) is 0 Å². The van der Waals surface area contributed by atoms with Gasteiger partial charge < -0.3 is 14.6 Å². The maximum Gasteiger partial charge on any atom is 0.244 e. The van der Waals surface area contributed by atoms with Gasteiger partial charge in [0.25, 0.3) is 0 Å². The molecule has 5 nitrogen and oxygen atoms in total. The van der Waals surface area contributed by atoms with Gasteiger partial charge in [0.2, 0.25) is 5.89 Å². The van der Waals surface area contributed by atoms with Crippen molar-refractivity contribution in [2.24, 2.45) is 0 Å². The summed E-state index contributed by atoms with van der Waals surface area (Å²) in [5.74, 6) is 1.27. The van der Waals surface area contributed by atoms with Crippen LogP contribution in [0, 0.1) is 0 Å². The van der Waals surface area contributed by atoms with Gasteiger partial charge in [-0.1, -0.05) is 36.3 Å². The van der Waals surface area contributed by atoms with Crippen molar-refractivity contribution in [3.63, 3.8) is 0 Å². The molecule has 2 aromatic rings. The first-order chi connectivity index (χ1) is 9.86. The number of nitrogens with zero attached hydrogens (tertiary/aromatic N) is 2. The van der Waals surface area contributed by atoms with Crippen LogP contribution in [0.15, 0.2) is 28.8 Å². The summed E-state index contributed by atoms with van der Waals surface area (Å²) in [5, 5.41) is 7.40. The van der Waals surface area contributed by atoms with Gasteiger partial charge in [0, 0.05) is 13.2 Å². The smallest absolute Gasteiger partial charge is 0.244 e. The lowest BCUT2D eigenvalue weighted by molar-refractivity contribution is 0.114. The summed E-state index contributed by atoms with van der Waals surface area (Å²) in [4.78, 5) is 4.41. The molecule has 5 heteroatoms. The number of hydrogen-bond donors (Lipinski definition) is 1. The van der Waals surface area contributed by atoms with E-state index in [4.69, 9.17) is 9.26 Å². The lowest BCUT2D eigenvalue weighted by atomic mass is 9.96. The number of nitrogens with one attached hydrogen (secondary N) is 1. The molecule has 0 saturated carbocycles. The van der Waals surface area contributed by atoms with E-state index in [9.17, 15) is 0 Å². The highest BCUT2D eigenvalue weighted by molar-refractivity contribution is 5.30. The van der Waals surface area contributed by atoms with Crippen molar-refractivity contribution in [1.82, 2.24) is 15.5 Å². The third-order valence-corrected chi connectivity index (χ3v) is 3.44. The summed E-state index contributed by atoms with van der Waals surface area (Å²) < 4.78 is 10.8. The summed E-state index contributed by atoms with van der Waals surface area (Å²) >= 11 is 0. The van der Waals surface area contributed by atoms with Crippen LogP contribution in [0.1, 0.15) is 42.2 Å². The Labute approximate surface area is 118 Å². The average molecular weight is 273 g/mol. The molecule has 0 spiro atoms. The second-order valence-corrected chi connectivity index (χ2v) is 5.01. The van der Waals surface area contributed by atoms with Gasteiger partial charge in [-0.05, 0) is 24.0 Å². The fourth-order valence-electron chi connectivity index (χ4n) is 2.40. The molecule has 106 valence electrons. The molecule has 0 radical (unpaired) electrons. The molecule has 20 heavy (non-hydrogen) atoms. The molecule has 2 heterocycles. The third kappa shape index (κ3) is 2.89. The molecule has 1 aliphatic rings. The summed E-state index contributed by atoms with van der Waals surface area (Å²) in [7, 11) is 0. The molecule has 0 fully saturated rings. The van der Waals surface area contributed by atoms with Gasteiger partial charge >= 0.3 is 0 Å². The number of fused-ring (bicyclic) bond motifs is 1. The third-order valence-electron chi connectivity index (χ3n) is 3.44. The Morgan fingerprint density at radius 3 is 3.05 bits per heavy atom. The van der Waals surface area contributed by atoms with Gasteiger partial charge in [-0.25, -0.2) is 0 Å². The first-order valence-corrected chi connectivity index (χ1v) is 7.07. The summed E-state index contributed by atoms with van der Waals surface area (Å²) in [6.07, 6.45) is 1.87. The average Bonchev–Trinajstić information content (AvgIpc) is 2.96. The fraction of sp³-hybridized carbons (Fsp3) is 0.467. The Morgan fingerprint density at radius 2 is 2.20 bits per heavy atom. The molecule has 1 aromatic heterocycles. The molecule has 0 amide bonds. The zero-order valence-corrected chi connectivity index (χ0v) is 11.6. The highest BCUT2D eigenvalue weighted by Crippen LogP contribution is 2.24. The number of rotatable bonds is 5. The summed E-state index contributed by atoms with van der Waals surface area (Å²) in [6.45, 7) is 4.05. The first-order valence-electron chi connectivity index (χ1n) is 7.07. The first kappa shape index (κ1) is 13.3. The van der Waals surface area contributed by atoms with E-state index in [-0.39, 0.29) is 6.04 Å². The molecule has 1 aromatic carbocycles. The fourth-order valence-corrected chi connectivity index (χ4v) is 2.40. The van der Waals surface area contributed by atoms with Crippen LogP contribution >= 0.6 is 0 Å². The Hall–Kier alpha value is -1.72. The van der Waals surface area contributed by atoms with E-state index >= 15 is 0 Å². The van der Waals surface area contributed by atoms with Gasteiger partial charge in [0.1, 0.15) is 6.61 Å². The minimum absolute atomic E-state index is 0.0947. The minimum Gasteiger partial charge on any atom is -0.373 e. The monoisotopic (exact) mass is 273 g/mol. The standard InChI is InChI=1S/C15H19N3O2/c1-2-7-19-10-14-17-15(20-18-14)13-8-11-5-3-4-6-12(11)9-16-13/h3-6,13,16H,2,7-10H2,1H3/t13-/m0/s1. The highest BCUT2D eigenvalue weighted by Gasteiger charge is 2.24. The Kier molecular flexibility index (Phi) is 4.08. The number of benzene rings is 1. The van der Waals surface area contributed by atoms with Crippen LogP contribution in [0.25, 0.3) is 0 Å². The van der Waals surface area contributed by atoms with E-state index in [0.717, 1.165) is 26.0 Å². The number of aromatic nitrogens is 2. The van der Waals surface area contributed by atoms with E-state index in [1.165, 1.54) is 11.1 Å². The summed E-state index contributed by atoms with van der Waals surface area (Å²) in [6, 6.07) is 8.54. The van der Waals surface area contributed by atoms with Crippen LogP contribution in [-0.4, -0.2) is 16.7 Å². The zero-order chi connectivity index (χ0) is 13.8. The second-order valence-electron chi connectivity index (χ2n) is 5.01. The SMILES string of the molecule is CCCOCc1noc([C@@H]2Cc3ccccc3CN2)n1. The van der Waals surface area contributed by atoms with Crippen molar-refractivity contribution in [1.29, 1.82) is 0 Å². The van der Waals surface area contributed by atoms with Gasteiger partial charge in [-0.2, -0.15) is 4.98 Å². The molecule has 0 aliphatic carbocycles. The quantitative estimate of drug-likeness (QED) is 0.848. The molecule has 0 saturated heterocycles. The van der Waals surface area contributed by atoms with Crippen LogP contribution in [0.5, 0.6) is 0 Å². The van der Waals surface area contributed by atoms with Crippen molar-refractivity contribution >= 4 is 0 Å². The summed E-state index contributed by atoms with van der Waals surface area (Å²) in [5.41, 5.74) is 2.69. The lowest BCUT2D eigenvalue weighted by Gasteiger charge is -2.23. The van der Waals surface area contributed by atoms with E-state index in [1.807, 2.05) is 0 Å². The van der Waals surface area contributed by atoms with Crippen molar-refractivity contribution in [2.75, 3.05) is 6.61 Å².